The molecule has 1 aromatic carbocycles. The molecular weight excluding hydrogens is 314 g/mol. The number of rotatable bonds is 5. The minimum absolute atomic E-state index is 0.0966. The first kappa shape index (κ1) is 17.9. The van der Waals surface area contributed by atoms with E-state index in [4.69, 9.17) is 0 Å². The predicted molar refractivity (Wildman–Crippen MR) is 89.9 cm³/mol. The Morgan fingerprint density at radius 1 is 1.35 bits per heavy atom. The fraction of sp³-hybridized carbons (Fsp3) is 0.562. The van der Waals surface area contributed by atoms with E-state index in [9.17, 15) is 13.2 Å². The molecule has 1 atom stereocenters. The highest BCUT2D eigenvalue weighted by Crippen LogP contribution is 2.19. The number of carbonyl (C=O) groups is 1. The van der Waals surface area contributed by atoms with Crippen LogP contribution in [0, 0.1) is 0 Å². The number of carbonyl (C=O) groups excluding carboxylic acids is 1. The Kier molecular flexibility index (Phi) is 5.78. The molecular formula is C16H25N3O3S. The van der Waals surface area contributed by atoms with Gasteiger partial charge in [0.15, 0.2) is 0 Å². The molecule has 1 saturated heterocycles. The van der Waals surface area contributed by atoms with Gasteiger partial charge < -0.3 is 10.2 Å². The molecule has 128 valence electrons. The van der Waals surface area contributed by atoms with Crippen molar-refractivity contribution in [1.82, 2.24) is 14.5 Å². The Bertz CT molecular complexity index is 656. The zero-order valence-corrected chi connectivity index (χ0v) is 14.8. The largest absolute Gasteiger partial charge is 0.333 e. The Balaban J connectivity index is 2.31. The van der Waals surface area contributed by atoms with E-state index in [0.717, 1.165) is 13.1 Å². The van der Waals surface area contributed by atoms with Gasteiger partial charge in [-0.25, -0.2) is 8.42 Å². The number of amides is 1. The van der Waals surface area contributed by atoms with Crippen LogP contribution in [0.15, 0.2) is 29.2 Å². The zero-order chi connectivity index (χ0) is 17.0. The summed E-state index contributed by atoms with van der Waals surface area (Å²) in [6, 6.07) is 6.45. The van der Waals surface area contributed by atoms with Gasteiger partial charge in [0.1, 0.15) is 0 Å². The van der Waals surface area contributed by atoms with Crippen molar-refractivity contribution in [2.45, 2.75) is 31.7 Å². The summed E-state index contributed by atoms with van der Waals surface area (Å²) in [5.74, 6) is -0.115. The molecule has 1 aliphatic heterocycles. The normalized spacial score (nSPS) is 19.1. The van der Waals surface area contributed by atoms with Crippen molar-refractivity contribution in [3.63, 3.8) is 0 Å². The van der Waals surface area contributed by atoms with Gasteiger partial charge in [0.25, 0.3) is 5.91 Å². The van der Waals surface area contributed by atoms with E-state index in [1.54, 1.807) is 36.9 Å². The van der Waals surface area contributed by atoms with Crippen LogP contribution in [-0.4, -0.2) is 62.3 Å². The van der Waals surface area contributed by atoms with E-state index in [1.807, 2.05) is 6.92 Å². The molecule has 0 aliphatic carbocycles. The molecule has 1 unspecified atom stereocenters. The van der Waals surface area contributed by atoms with Crippen LogP contribution in [0.25, 0.3) is 0 Å². The van der Waals surface area contributed by atoms with E-state index in [0.29, 0.717) is 25.2 Å². The standard InChI is InChI=1S/C16H25N3O3S/c1-4-18(5-2)23(21,22)15-8-6-7-14(11-15)16(20)19-10-9-17-12-13(19)3/h6-8,11,13,17H,4-5,9-10,12H2,1-3H3. The molecule has 1 aliphatic rings. The summed E-state index contributed by atoms with van der Waals surface area (Å²) in [5.41, 5.74) is 0.423. The molecule has 1 heterocycles. The molecule has 0 bridgehead atoms. The zero-order valence-electron chi connectivity index (χ0n) is 13.9. The number of hydrogen-bond donors (Lipinski definition) is 1. The van der Waals surface area contributed by atoms with Crippen LogP contribution in [0.1, 0.15) is 31.1 Å². The molecule has 0 spiro atoms. The SMILES string of the molecule is CCN(CC)S(=O)(=O)c1cccc(C(=O)N2CCNCC2C)c1. The number of sulfonamides is 1. The van der Waals surface area contributed by atoms with E-state index in [2.05, 4.69) is 5.32 Å². The molecule has 1 aromatic rings. The van der Waals surface area contributed by atoms with Gasteiger partial charge in [-0.05, 0) is 25.1 Å². The molecule has 0 aromatic heterocycles. The van der Waals surface area contributed by atoms with Crippen LogP contribution in [0.4, 0.5) is 0 Å². The van der Waals surface area contributed by atoms with E-state index >= 15 is 0 Å². The molecule has 7 heteroatoms. The molecule has 0 saturated carbocycles. The van der Waals surface area contributed by atoms with Crippen LogP contribution in [0.5, 0.6) is 0 Å². The summed E-state index contributed by atoms with van der Waals surface area (Å²) in [5, 5.41) is 3.24. The highest BCUT2D eigenvalue weighted by atomic mass is 32.2. The van der Waals surface area contributed by atoms with Crippen molar-refractivity contribution in [3.05, 3.63) is 29.8 Å². The number of hydrogen-bond acceptors (Lipinski definition) is 4. The maximum absolute atomic E-state index is 12.7. The van der Waals surface area contributed by atoms with Crippen LogP contribution in [0.3, 0.4) is 0 Å². The maximum atomic E-state index is 12.7. The Morgan fingerprint density at radius 2 is 2.04 bits per heavy atom. The van der Waals surface area contributed by atoms with Crippen molar-refractivity contribution < 1.29 is 13.2 Å². The Morgan fingerprint density at radius 3 is 2.65 bits per heavy atom. The molecule has 0 radical (unpaired) electrons. The van der Waals surface area contributed by atoms with Crippen molar-refractivity contribution >= 4 is 15.9 Å². The van der Waals surface area contributed by atoms with Crippen molar-refractivity contribution in [3.8, 4) is 0 Å². The minimum Gasteiger partial charge on any atom is -0.333 e. The molecule has 2 rings (SSSR count). The lowest BCUT2D eigenvalue weighted by molar-refractivity contribution is 0.0655. The average Bonchev–Trinajstić information content (AvgIpc) is 2.55. The summed E-state index contributed by atoms with van der Waals surface area (Å²) < 4.78 is 26.6. The van der Waals surface area contributed by atoms with Crippen molar-refractivity contribution in [2.24, 2.45) is 0 Å². The summed E-state index contributed by atoms with van der Waals surface area (Å²) in [4.78, 5) is 14.7. The van der Waals surface area contributed by atoms with Crippen LogP contribution < -0.4 is 5.32 Å². The fourth-order valence-electron chi connectivity index (χ4n) is 2.81. The molecule has 23 heavy (non-hydrogen) atoms. The summed E-state index contributed by atoms with van der Waals surface area (Å²) in [6.07, 6.45) is 0. The fourth-order valence-corrected chi connectivity index (χ4v) is 4.32. The number of benzene rings is 1. The summed E-state index contributed by atoms with van der Waals surface area (Å²) in [7, 11) is -3.55. The first-order valence-corrected chi connectivity index (χ1v) is 9.47. The topological polar surface area (TPSA) is 69.7 Å². The van der Waals surface area contributed by atoms with Gasteiger partial charge >= 0.3 is 0 Å². The van der Waals surface area contributed by atoms with E-state index < -0.39 is 10.0 Å². The van der Waals surface area contributed by atoms with Gasteiger partial charge in [-0.15, -0.1) is 0 Å². The van der Waals surface area contributed by atoms with Crippen LogP contribution in [0.2, 0.25) is 0 Å². The second-order valence-corrected chi connectivity index (χ2v) is 7.61. The van der Waals surface area contributed by atoms with Gasteiger partial charge in [-0.2, -0.15) is 4.31 Å². The lowest BCUT2D eigenvalue weighted by Gasteiger charge is -2.34. The smallest absolute Gasteiger partial charge is 0.254 e. The van der Waals surface area contributed by atoms with Gasteiger partial charge in [-0.3, -0.25) is 4.79 Å². The summed E-state index contributed by atoms with van der Waals surface area (Å²) in [6.45, 7) is 8.55. The Hall–Kier alpha value is -1.44. The first-order valence-electron chi connectivity index (χ1n) is 8.03. The minimum atomic E-state index is -3.55. The molecule has 1 amide bonds. The first-order chi connectivity index (χ1) is 10.9. The third kappa shape index (κ3) is 3.73. The van der Waals surface area contributed by atoms with Gasteiger partial charge in [0, 0.05) is 44.3 Å². The highest BCUT2D eigenvalue weighted by Gasteiger charge is 2.26. The van der Waals surface area contributed by atoms with Crippen LogP contribution >= 0.6 is 0 Å². The average molecular weight is 339 g/mol. The van der Waals surface area contributed by atoms with Crippen LogP contribution in [-0.2, 0) is 10.0 Å². The number of piperazine rings is 1. The maximum Gasteiger partial charge on any atom is 0.254 e. The predicted octanol–water partition coefficient (Wildman–Crippen LogP) is 1.15. The third-order valence-electron chi connectivity index (χ3n) is 4.19. The van der Waals surface area contributed by atoms with Crippen molar-refractivity contribution in [1.29, 1.82) is 0 Å². The lowest BCUT2D eigenvalue weighted by atomic mass is 10.1. The quantitative estimate of drug-likeness (QED) is 0.874. The van der Waals surface area contributed by atoms with Gasteiger partial charge in [0.05, 0.1) is 4.90 Å². The summed E-state index contributed by atoms with van der Waals surface area (Å²) >= 11 is 0. The van der Waals surface area contributed by atoms with Gasteiger partial charge in [-0.1, -0.05) is 19.9 Å². The van der Waals surface area contributed by atoms with Crippen molar-refractivity contribution in [2.75, 3.05) is 32.7 Å². The lowest BCUT2D eigenvalue weighted by Crippen LogP contribution is -2.52. The van der Waals surface area contributed by atoms with Gasteiger partial charge in [0.2, 0.25) is 10.0 Å². The highest BCUT2D eigenvalue weighted by molar-refractivity contribution is 7.89. The Labute approximate surface area is 138 Å². The number of nitrogens with zero attached hydrogens (tertiary/aromatic N) is 2. The monoisotopic (exact) mass is 339 g/mol. The second-order valence-electron chi connectivity index (χ2n) is 5.67. The van der Waals surface area contributed by atoms with E-state index in [1.165, 1.54) is 10.4 Å². The third-order valence-corrected chi connectivity index (χ3v) is 6.23. The second kappa shape index (κ2) is 7.42. The van der Waals surface area contributed by atoms with E-state index in [-0.39, 0.29) is 16.8 Å². The number of nitrogens with one attached hydrogen (secondary N) is 1. The molecule has 6 nitrogen and oxygen atoms in total. The molecule has 1 fully saturated rings. The molecule has 1 N–H and O–H groups in total.